The van der Waals surface area contributed by atoms with Crippen LogP contribution in [0.2, 0.25) is 0 Å². The molecule has 1 heterocycles. The van der Waals surface area contributed by atoms with E-state index < -0.39 is 11.3 Å². The molecule has 5 heteroatoms. The molecule has 0 aromatic heterocycles. The van der Waals surface area contributed by atoms with Crippen molar-refractivity contribution in [3.8, 4) is 0 Å². The molecule has 0 unspecified atom stereocenters. The molecule has 1 aliphatic heterocycles. The lowest BCUT2D eigenvalue weighted by Gasteiger charge is -2.41. The van der Waals surface area contributed by atoms with E-state index in [1.54, 1.807) is 0 Å². The zero-order valence-electron chi connectivity index (χ0n) is 13.3. The number of azide groups is 1. The predicted octanol–water partition coefficient (Wildman–Crippen LogP) is 4.63. The molecule has 1 aromatic rings. The maximum Gasteiger partial charge on any atom is 0.168 e. The van der Waals surface area contributed by atoms with E-state index in [9.17, 15) is 0 Å². The van der Waals surface area contributed by atoms with E-state index in [0.29, 0.717) is 19.1 Å². The molecule has 1 spiro atoms. The van der Waals surface area contributed by atoms with Gasteiger partial charge in [-0.05, 0) is 35.4 Å². The third-order valence-electron chi connectivity index (χ3n) is 4.98. The highest BCUT2D eigenvalue weighted by Gasteiger charge is 2.46. The Morgan fingerprint density at radius 1 is 1.14 bits per heavy atom. The first kappa shape index (κ1) is 15.3. The second-order valence-electron chi connectivity index (χ2n) is 6.61. The third-order valence-corrected chi connectivity index (χ3v) is 4.98. The van der Waals surface area contributed by atoms with Crippen LogP contribution in [-0.4, -0.2) is 19.0 Å². The fourth-order valence-corrected chi connectivity index (χ4v) is 3.55. The predicted molar refractivity (Wildman–Crippen MR) is 84.5 cm³/mol. The van der Waals surface area contributed by atoms with Gasteiger partial charge >= 0.3 is 0 Å². The van der Waals surface area contributed by atoms with E-state index in [0.717, 1.165) is 31.2 Å². The number of benzene rings is 1. The molecule has 3 rings (SSSR count). The summed E-state index contributed by atoms with van der Waals surface area (Å²) < 4.78 is 11.6. The molecule has 0 N–H and O–H groups in total. The Morgan fingerprint density at radius 2 is 1.82 bits per heavy atom. The van der Waals surface area contributed by atoms with Gasteiger partial charge in [-0.2, -0.15) is 0 Å². The van der Waals surface area contributed by atoms with Gasteiger partial charge in [0.25, 0.3) is 0 Å². The standard InChI is InChI=1S/C17H23N3O2/c1-13(2)14-4-3-5-15(12-14)16(19-20-18)6-8-17(9-7-16)21-10-11-22-17/h3-5,12-13H,6-11H2,1-2H3. The number of rotatable bonds is 3. The van der Waals surface area contributed by atoms with Gasteiger partial charge in [-0.25, -0.2) is 0 Å². The van der Waals surface area contributed by atoms with Gasteiger partial charge in [-0.3, -0.25) is 0 Å². The first-order valence-corrected chi connectivity index (χ1v) is 8.04. The van der Waals surface area contributed by atoms with Crippen molar-refractivity contribution in [3.05, 3.63) is 45.8 Å². The van der Waals surface area contributed by atoms with Crippen LogP contribution in [0.5, 0.6) is 0 Å². The summed E-state index contributed by atoms with van der Waals surface area (Å²) >= 11 is 0. The van der Waals surface area contributed by atoms with Crippen molar-refractivity contribution in [1.29, 1.82) is 0 Å². The molecule has 1 aromatic carbocycles. The minimum Gasteiger partial charge on any atom is -0.348 e. The minimum absolute atomic E-state index is 0.440. The van der Waals surface area contributed by atoms with Gasteiger partial charge in [0.2, 0.25) is 0 Å². The molecule has 2 fully saturated rings. The van der Waals surface area contributed by atoms with Crippen LogP contribution in [0.15, 0.2) is 29.4 Å². The molecule has 1 saturated carbocycles. The Morgan fingerprint density at radius 3 is 2.41 bits per heavy atom. The monoisotopic (exact) mass is 301 g/mol. The Balaban J connectivity index is 1.90. The van der Waals surface area contributed by atoms with E-state index >= 15 is 0 Å². The quantitative estimate of drug-likeness (QED) is 0.464. The van der Waals surface area contributed by atoms with Crippen molar-refractivity contribution in [2.24, 2.45) is 5.11 Å². The van der Waals surface area contributed by atoms with Crippen molar-refractivity contribution in [2.75, 3.05) is 13.2 Å². The summed E-state index contributed by atoms with van der Waals surface area (Å²) in [5.41, 5.74) is 11.0. The minimum atomic E-state index is -0.472. The lowest BCUT2D eigenvalue weighted by molar-refractivity contribution is -0.184. The lowest BCUT2D eigenvalue weighted by Crippen LogP contribution is -2.41. The molecule has 1 saturated heterocycles. The van der Waals surface area contributed by atoms with E-state index in [1.807, 2.05) is 0 Å². The SMILES string of the molecule is CC(C)c1cccc(C2(N=[N+]=[N-])CCC3(CC2)OCCO3)c1. The molecule has 22 heavy (non-hydrogen) atoms. The summed E-state index contributed by atoms with van der Waals surface area (Å²) in [6.07, 6.45) is 3.08. The van der Waals surface area contributed by atoms with Crippen molar-refractivity contribution >= 4 is 0 Å². The highest BCUT2D eigenvalue weighted by atomic mass is 16.7. The molecular formula is C17H23N3O2. The van der Waals surface area contributed by atoms with E-state index in [4.69, 9.17) is 15.0 Å². The summed E-state index contributed by atoms with van der Waals surface area (Å²) in [6, 6.07) is 8.46. The normalized spacial score (nSPS) is 22.7. The molecule has 5 nitrogen and oxygen atoms in total. The van der Waals surface area contributed by atoms with Crippen molar-refractivity contribution in [1.82, 2.24) is 0 Å². The van der Waals surface area contributed by atoms with E-state index in [1.165, 1.54) is 5.56 Å². The smallest absolute Gasteiger partial charge is 0.168 e. The van der Waals surface area contributed by atoms with Gasteiger partial charge < -0.3 is 9.47 Å². The van der Waals surface area contributed by atoms with Crippen LogP contribution in [0.1, 0.15) is 56.6 Å². The van der Waals surface area contributed by atoms with Crippen LogP contribution < -0.4 is 0 Å². The summed E-state index contributed by atoms with van der Waals surface area (Å²) in [5.74, 6) is 0.0175. The van der Waals surface area contributed by atoms with Crippen molar-refractivity contribution < 1.29 is 9.47 Å². The van der Waals surface area contributed by atoms with Gasteiger partial charge in [-0.1, -0.05) is 43.2 Å². The van der Waals surface area contributed by atoms with Crippen LogP contribution in [0, 0.1) is 0 Å². The Bertz CT molecular complexity index is 577. The lowest BCUT2D eigenvalue weighted by atomic mass is 9.74. The number of nitrogens with zero attached hydrogens (tertiary/aromatic N) is 3. The third kappa shape index (κ3) is 2.72. The van der Waals surface area contributed by atoms with Crippen LogP contribution in [0.3, 0.4) is 0 Å². The molecule has 118 valence electrons. The second kappa shape index (κ2) is 5.92. The topological polar surface area (TPSA) is 67.2 Å². The van der Waals surface area contributed by atoms with Gasteiger partial charge in [-0.15, -0.1) is 0 Å². The van der Waals surface area contributed by atoms with Crippen LogP contribution in [-0.2, 0) is 15.0 Å². The fourth-order valence-electron chi connectivity index (χ4n) is 3.55. The average molecular weight is 301 g/mol. The van der Waals surface area contributed by atoms with E-state index in [2.05, 4.69) is 48.1 Å². The molecule has 0 atom stereocenters. The van der Waals surface area contributed by atoms with Gasteiger partial charge in [0.15, 0.2) is 5.79 Å². The van der Waals surface area contributed by atoms with Crippen molar-refractivity contribution in [2.45, 2.75) is 56.8 Å². The maximum atomic E-state index is 9.08. The van der Waals surface area contributed by atoms with Gasteiger partial charge in [0.05, 0.1) is 18.8 Å². The maximum absolute atomic E-state index is 9.08. The summed E-state index contributed by atoms with van der Waals surface area (Å²) in [6.45, 7) is 5.68. The number of hydrogen-bond donors (Lipinski definition) is 0. The van der Waals surface area contributed by atoms with Crippen molar-refractivity contribution in [3.63, 3.8) is 0 Å². The van der Waals surface area contributed by atoms with Crippen LogP contribution >= 0.6 is 0 Å². The second-order valence-corrected chi connectivity index (χ2v) is 6.61. The molecule has 2 aliphatic rings. The molecular weight excluding hydrogens is 278 g/mol. The Kier molecular flexibility index (Phi) is 4.13. The average Bonchev–Trinajstić information content (AvgIpc) is 2.99. The van der Waals surface area contributed by atoms with Crippen LogP contribution in [0.4, 0.5) is 0 Å². The van der Waals surface area contributed by atoms with Gasteiger partial charge in [0.1, 0.15) is 0 Å². The molecule has 0 amide bonds. The summed E-state index contributed by atoms with van der Waals surface area (Å²) in [7, 11) is 0. The fraction of sp³-hybridized carbons (Fsp3) is 0.647. The molecule has 0 bridgehead atoms. The highest BCUT2D eigenvalue weighted by Crippen LogP contribution is 2.47. The van der Waals surface area contributed by atoms with E-state index in [-0.39, 0.29) is 0 Å². The first-order chi connectivity index (χ1) is 10.6. The zero-order chi connectivity index (χ0) is 15.6. The largest absolute Gasteiger partial charge is 0.348 e. The van der Waals surface area contributed by atoms with Crippen LogP contribution in [0.25, 0.3) is 10.4 Å². The Labute approximate surface area is 131 Å². The van der Waals surface area contributed by atoms with Gasteiger partial charge in [0, 0.05) is 17.8 Å². The zero-order valence-corrected chi connectivity index (χ0v) is 13.3. The number of hydrogen-bond acceptors (Lipinski definition) is 3. The first-order valence-electron chi connectivity index (χ1n) is 8.04. The highest BCUT2D eigenvalue weighted by molar-refractivity contribution is 5.32. The summed E-state index contributed by atoms with van der Waals surface area (Å²) in [5, 5.41) is 4.21. The Hall–Kier alpha value is -1.55. The molecule has 0 radical (unpaired) electrons. The summed E-state index contributed by atoms with van der Waals surface area (Å²) in [4.78, 5) is 3.14. The molecule has 1 aliphatic carbocycles. The number of ether oxygens (including phenoxy) is 2.